The number of aliphatic hydroxyl groups is 3. The SMILES string of the molecule is O=c1[nH]cnc2c1[nH]c(=S)n2[C@H]1O[C@H](CO)[C@@H](O)[C@@H]1O. The second-order valence-electron chi connectivity index (χ2n) is 4.46. The summed E-state index contributed by atoms with van der Waals surface area (Å²) in [5.41, 5.74) is -0.0598. The summed E-state index contributed by atoms with van der Waals surface area (Å²) in [6, 6.07) is 0. The van der Waals surface area contributed by atoms with Gasteiger partial charge in [0.2, 0.25) is 0 Å². The molecule has 3 heterocycles. The smallest absolute Gasteiger partial charge is 0.276 e. The molecule has 4 atom stereocenters. The molecule has 0 unspecified atom stereocenters. The molecule has 10 heteroatoms. The van der Waals surface area contributed by atoms with Gasteiger partial charge in [-0.25, -0.2) is 4.98 Å². The molecule has 0 radical (unpaired) electrons. The van der Waals surface area contributed by atoms with Crippen LogP contribution in [0.1, 0.15) is 6.23 Å². The average Bonchev–Trinajstić information content (AvgIpc) is 2.90. The van der Waals surface area contributed by atoms with E-state index in [0.717, 1.165) is 0 Å². The quantitative estimate of drug-likeness (QED) is 0.421. The number of aromatic nitrogens is 4. The highest BCUT2D eigenvalue weighted by atomic mass is 32.1. The zero-order chi connectivity index (χ0) is 14.4. The van der Waals surface area contributed by atoms with Crippen molar-refractivity contribution in [1.82, 2.24) is 19.5 Å². The van der Waals surface area contributed by atoms with Crippen LogP contribution >= 0.6 is 12.2 Å². The van der Waals surface area contributed by atoms with Gasteiger partial charge in [-0.05, 0) is 12.2 Å². The Labute approximate surface area is 116 Å². The van der Waals surface area contributed by atoms with Gasteiger partial charge in [-0.3, -0.25) is 9.36 Å². The van der Waals surface area contributed by atoms with E-state index in [1.165, 1.54) is 10.9 Å². The molecule has 0 saturated carbocycles. The van der Waals surface area contributed by atoms with Gasteiger partial charge in [0, 0.05) is 0 Å². The molecule has 5 N–H and O–H groups in total. The summed E-state index contributed by atoms with van der Waals surface area (Å²) in [6.45, 7) is -0.446. The highest BCUT2D eigenvalue weighted by Gasteiger charge is 2.44. The van der Waals surface area contributed by atoms with Crippen LogP contribution < -0.4 is 5.56 Å². The van der Waals surface area contributed by atoms with Gasteiger partial charge < -0.3 is 30.0 Å². The molecule has 1 aliphatic rings. The number of imidazole rings is 1. The van der Waals surface area contributed by atoms with Gasteiger partial charge in [0.25, 0.3) is 5.56 Å². The van der Waals surface area contributed by atoms with Gasteiger partial charge in [-0.2, -0.15) is 0 Å². The zero-order valence-electron chi connectivity index (χ0n) is 10.1. The molecular formula is C10H12N4O5S. The summed E-state index contributed by atoms with van der Waals surface area (Å²) < 4.78 is 6.82. The minimum Gasteiger partial charge on any atom is -0.394 e. The fraction of sp³-hybridized carbons (Fsp3) is 0.500. The molecule has 20 heavy (non-hydrogen) atoms. The van der Waals surface area contributed by atoms with E-state index >= 15 is 0 Å². The summed E-state index contributed by atoms with van der Waals surface area (Å²) >= 11 is 5.10. The molecule has 0 aromatic carbocycles. The molecule has 108 valence electrons. The van der Waals surface area contributed by atoms with Crippen LogP contribution in [0.3, 0.4) is 0 Å². The van der Waals surface area contributed by atoms with Crippen molar-refractivity contribution in [3.05, 3.63) is 21.5 Å². The van der Waals surface area contributed by atoms with Gasteiger partial charge in [-0.1, -0.05) is 0 Å². The van der Waals surface area contributed by atoms with Crippen LogP contribution in [0.5, 0.6) is 0 Å². The van der Waals surface area contributed by atoms with Crippen LogP contribution in [0.15, 0.2) is 11.1 Å². The number of rotatable bonds is 2. The van der Waals surface area contributed by atoms with Gasteiger partial charge in [0.15, 0.2) is 22.2 Å². The summed E-state index contributed by atoms with van der Waals surface area (Å²) in [5.74, 6) is 0. The van der Waals surface area contributed by atoms with Crippen molar-refractivity contribution < 1.29 is 20.1 Å². The largest absolute Gasteiger partial charge is 0.394 e. The van der Waals surface area contributed by atoms with Crippen LogP contribution in [0.25, 0.3) is 11.2 Å². The molecule has 0 aliphatic carbocycles. The third-order valence-corrected chi connectivity index (χ3v) is 3.58. The highest BCUT2D eigenvalue weighted by molar-refractivity contribution is 7.71. The monoisotopic (exact) mass is 300 g/mol. The molecule has 0 spiro atoms. The van der Waals surface area contributed by atoms with Gasteiger partial charge in [-0.15, -0.1) is 0 Å². The Hall–Kier alpha value is -1.59. The standard InChI is InChI=1S/C10H12N4O5S/c15-1-3-5(16)6(17)9(19-3)14-7-4(13-10(14)20)8(18)12-2-11-7/h2-3,5-6,9,15-17H,1H2,(H,13,20)(H,11,12,18)/t3-,5-,6+,9+/m1/s1. The number of nitrogens with zero attached hydrogens (tertiary/aromatic N) is 2. The van der Waals surface area contributed by atoms with E-state index in [1.54, 1.807) is 0 Å². The third-order valence-electron chi connectivity index (χ3n) is 3.28. The number of H-pyrrole nitrogens is 2. The Morgan fingerprint density at radius 3 is 2.85 bits per heavy atom. The Bertz CT molecular complexity index is 752. The van der Waals surface area contributed by atoms with Crippen molar-refractivity contribution in [2.24, 2.45) is 0 Å². The molecule has 1 aliphatic heterocycles. The fourth-order valence-electron chi connectivity index (χ4n) is 2.28. The Balaban J connectivity index is 2.16. The van der Waals surface area contributed by atoms with Crippen molar-refractivity contribution in [3.63, 3.8) is 0 Å². The highest BCUT2D eigenvalue weighted by Crippen LogP contribution is 2.31. The number of aliphatic hydroxyl groups excluding tert-OH is 3. The number of aromatic amines is 2. The number of ether oxygens (including phenoxy) is 1. The van der Waals surface area contributed by atoms with E-state index in [0.29, 0.717) is 0 Å². The van der Waals surface area contributed by atoms with Crippen LogP contribution in [-0.4, -0.2) is 59.8 Å². The predicted molar refractivity (Wildman–Crippen MR) is 68.5 cm³/mol. The minimum absolute atomic E-state index is 0.124. The summed E-state index contributed by atoms with van der Waals surface area (Å²) in [7, 11) is 0. The summed E-state index contributed by atoms with van der Waals surface area (Å²) in [5, 5.41) is 28.9. The van der Waals surface area contributed by atoms with Crippen molar-refractivity contribution >= 4 is 23.4 Å². The molecule has 0 amide bonds. The lowest BCUT2D eigenvalue weighted by Crippen LogP contribution is -2.33. The fourth-order valence-corrected chi connectivity index (χ4v) is 2.57. The first-order valence-electron chi connectivity index (χ1n) is 5.85. The normalized spacial score (nSPS) is 30.1. The van der Waals surface area contributed by atoms with Crippen molar-refractivity contribution in [3.8, 4) is 0 Å². The first kappa shape index (κ1) is 13.4. The maximum absolute atomic E-state index is 11.6. The lowest BCUT2D eigenvalue weighted by Gasteiger charge is -2.16. The van der Waals surface area contributed by atoms with Crippen molar-refractivity contribution in [2.75, 3.05) is 6.61 Å². The van der Waals surface area contributed by atoms with Crippen LogP contribution in [0, 0.1) is 4.77 Å². The number of nitrogens with one attached hydrogen (secondary N) is 2. The van der Waals surface area contributed by atoms with Crippen molar-refractivity contribution in [2.45, 2.75) is 24.5 Å². The Kier molecular flexibility index (Phi) is 3.18. The van der Waals surface area contributed by atoms with E-state index in [4.69, 9.17) is 22.1 Å². The predicted octanol–water partition coefficient (Wildman–Crippen LogP) is -1.61. The molecule has 3 rings (SSSR count). The lowest BCUT2D eigenvalue weighted by atomic mass is 10.1. The molecule has 9 nitrogen and oxygen atoms in total. The van der Waals surface area contributed by atoms with Crippen LogP contribution in [0.2, 0.25) is 0 Å². The van der Waals surface area contributed by atoms with Crippen molar-refractivity contribution in [1.29, 1.82) is 0 Å². The van der Waals surface area contributed by atoms with E-state index in [1.807, 2.05) is 0 Å². The van der Waals surface area contributed by atoms with Crippen LogP contribution in [0.4, 0.5) is 0 Å². The van der Waals surface area contributed by atoms with Gasteiger partial charge in [0.1, 0.15) is 18.3 Å². The molecule has 2 aromatic heterocycles. The van der Waals surface area contributed by atoms with E-state index in [2.05, 4.69) is 15.0 Å². The first-order valence-corrected chi connectivity index (χ1v) is 6.25. The van der Waals surface area contributed by atoms with Gasteiger partial charge >= 0.3 is 0 Å². The average molecular weight is 300 g/mol. The minimum atomic E-state index is -1.29. The molecular weight excluding hydrogens is 288 g/mol. The number of fused-ring (bicyclic) bond motifs is 1. The molecule has 0 bridgehead atoms. The summed E-state index contributed by atoms with van der Waals surface area (Å²) in [4.78, 5) is 20.7. The van der Waals surface area contributed by atoms with E-state index in [9.17, 15) is 15.0 Å². The lowest BCUT2D eigenvalue weighted by molar-refractivity contribution is -0.0517. The molecule has 2 aromatic rings. The maximum Gasteiger partial charge on any atom is 0.276 e. The topological polar surface area (TPSA) is 136 Å². The van der Waals surface area contributed by atoms with E-state index < -0.39 is 36.7 Å². The summed E-state index contributed by atoms with van der Waals surface area (Å²) in [6.07, 6.45) is -3.30. The zero-order valence-corrected chi connectivity index (χ0v) is 10.9. The molecule has 1 saturated heterocycles. The molecule has 1 fully saturated rings. The van der Waals surface area contributed by atoms with Gasteiger partial charge in [0.05, 0.1) is 12.9 Å². The third kappa shape index (κ3) is 1.81. The number of hydrogen-bond acceptors (Lipinski definition) is 7. The number of hydrogen-bond donors (Lipinski definition) is 5. The second kappa shape index (κ2) is 4.75. The Morgan fingerprint density at radius 1 is 1.45 bits per heavy atom. The van der Waals surface area contributed by atoms with E-state index in [-0.39, 0.29) is 15.9 Å². The van der Waals surface area contributed by atoms with Crippen LogP contribution in [-0.2, 0) is 4.74 Å². The Morgan fingerprint density at radius 2 is 2.20 bits per heavy atom. The second-order valence-corrected chi connectivity index (χ2v) is 4.85. The first-order chi connectivity index (χ1) is 9.54. The maximum atomic E-state index is 11.6.